The summed E-state index contributed by atoms with van der Waals surface area (Å²) in [6, 6.07) is 0. The average molecular weight is 111 g/mol. The van der Waals surface area contributed by atoms with Crippen molar-refractivity contribution in [3.8, 4) is 0 Å². The smallest absolute Gasteiger partial charge is 0.0732 e. The van der Waals surface area contributed by atoms with Crippen LogP contribution in [-0.2, 0) is 0 Å². The fourth-order valence-corrected chi connectivity index (χ4v) is 1.80. The van der Waals surface area contributed by atoms with Gasteiger partial charge in [-0.25, -0.2) is 5.73 Å². The maximum atomic E-state index is 7.45. The molecule has 1 radical (unpaired) electrons. The van der Waals surface area contributed by atoms with E-state index in [1.807, 2.05) is 0 Å². The normalized spacial score (nSPS) is 52.9. The van der Waals surface area contributed by atoms with Crippen LogP contribution in [0.25, 0.3) is 0 Å². The molecule has 0 aromatic heterocycles. The fraction of sp³-hybridized carbons (Fsp3) is 1.00. The van der Waals surface area contributed by atoms with Crippen LogP contribution in [0.1, 0.15) is 12.8 Å². The Balaban J connectivity index is 2.11. The number of hydrogen-bond donors (Lipinski definition) is 0. The molecule has 0 saturated carbocycles. The molecule has 3 atom stereocenters. The van der Waals surface area contributed by atoms with Crippen molar-refractivity contribution in [2.24, 2.45) is 5.92 Å². The molecule has 3 unspecified atom stereocenters. The van der Waals surface area contributed by atoms with Gasteiger partial charge in [0.2, 0.25) is 0 Å². The summed E-state index contributed by atoms with van der Waals surface area (Å²) in [6.07, 6.45) is 2.66. The fourth-order valence-electron chi connectivity index (χ4n) is 1.80. The van der Waals surface area contributed by atoms with Crippen LogP contribution in [0.15, 0.2) is 0 Å². The monoisotopic (exact) mass is 111 g/mol. The summed E-state index contributed by atoms with van der Waals surface area (Å²) in [7, 11) is 0. The topological polar surface area (TPSA) is 27.0 Å². The number of piperidine rings is 1. The summed E-state index contributed by atoms with van der Waals surface area (Å²) < 4.78 is 0. The zero-order valence-electron chi connectivity index (χ0n) is 4.93. The van der Waals surface area contributed by atoms with Gasteiger partial charge in [-0.2, -0.15) is 0 Å². The van der Waals surface area contributed by atoms with Gasteiger partial charge in [-0.3, -0.25) is 4.90 Å². The summed E-state index contributed by atoms with van der Waals surface area (Å²) in [5, 5.41) is 0. The van der Waals surface area contributed by atoms with Crippen LogP contribution in [0, 0.1) is 5.92 Å². The van der Waals surface area contributed by atoms with Gasteiger partial charge in [-0.15, -0.1) is 0 Å². The van der Waals surface area contributed by atoms with E-state index in [2.05, 4.69) is 4.90 Å². The lowest BCUT2D eigenvalue weighted by Crippen LogP contribution is -2.30. The summed E-state index contributed by atoms with van der Waals surface area (Å²) in [5.74, 6) is 0.887. The molecule has 2 heterocycles. The predicted octanol–water partition coefficient (Wildman–Crippen LogP) is 0.321. The number of hydrogen-bond acceptors (Lipinski definition) is 1. The summed E-state index contributed by atoms with van der Waals surface area (Å²) >= 11 is 0. The van der Waals surface area contributed by atoms with Gasteiger partial charge < -0.3 is 0 Å². The Morgan fingerprint density at radius 1 is 1.50 bits per heavy atom. The van der Waals surface area contributed by atoms with Crippen LogP contribution in [0.2, 0.25) is 0 Å². The van der Waals surface area contributed by atoms with Crippen molar-refractivity contribution in [1.82, 2.24) is 10.6 Å². The number of nitrogens with one attached hydrogen (secondary N) is 1. The van der Waals surface area contributed by atoms with Gasteiger partial charge in [0.15, 0.2) is 0 Å². The molecule has 0 aromatic carbocycles. The Labute approximate surface area is 49.7 Å². The Bertz CT molecular complexity index is 101. The van der Waals surface area contributed by atoms with Crippen LogP contribution in [0.5, 0.6) is 0 Å². The maximum absolute atomic E-state index is 7.45. The van der Waals surface area contributed by atoms with E-state index in [0.717, 1.165) is 12.3 Å². The van der Waals surface area contributed by atoms with Crippen molar-refractivity contribution in [2.45, 2.75) is 19.0 Å². The third kappa shape index (κ3) is 0.501. The first-order valence-corrected chi connectivity index (χ1v) is 3.31. The van der Waals surface area contributed by atoms with Crippen molar-refractivity contribution in [1.29, 1.82) is 0 Å². The summed E-state index contributed by atoms with van der Waals surface area (Å²) in [4.78, 5) is 2.27. The second-order valence-electron chi connectivity index (χ2n) is 2.90. The molecule has 0 aromatic rings. The van der Waals surface area contributed by atoms with E-state index in [4.69, 9.17) is 5.73 Å². The summed E-state index contributed by atoms with van der Waals surface area (Å²) in [6.45, 7) is 2.41. The first kappa shape index (κ1) is 4.77. The standard InChI is InChI=1S/C6H11N2/c7-6-3-5-1-2-8(6)4-5/h5-7H,1-4H2. The highest BCUT2D eigenvalue weighted by atomic mass is 15.3. The summed E-state index contributed by atoms with van der Waals surface area (Å²) in [5.41, 5.74) is 7.45. The van der Waals surface area contributed by atoms with Crippen molar-refractivity contribution >= 4 is 0 Å². The number of fused-ring (bicyclic) bond motifs is 2. The van der Waals surface area contributed by atoms with E-state index in [-0.39, 0.29) is 6.17 Å². The minimum Gasteiger partial charge on any atom is -0.287 e. The van der Waals surface area contributed by atoms with E-state index >= 15 is 0 Å². The van der Waals surface area contributed by atoms with Gasteiger partial charge >= 0.3 is 0 Å². The SMILES string of the molecule is [NH]C1CC2CCN1C2. The molecular formula is C6H11N2. The van der Waals surface area contributed by atoms with E-state index in [1.54, 1.807) is 0 Å². The molecule has 1 N–H and O–H groups in total. The van der Waals surface area contributed by atoms with Crippen molar-refractivity contribution in [3.63, 3.8) is 0 Å². The molecule has 2 saturated heterocycles. The van der Waals surface area contributed by atoms with Crippen LogP contribution in [-0.4, -0.2) is 24.2 Å². The molecular weight excluding hydrogens is 100 g/mol. The Hall–Kier alpha value is -0.0800. The third-order valence-corrected chi connectivity index (χ3v) is 2.31. The zero-order valence-corrected chi connectivity index (χ0v) is 4.93. The highest BCUT2D eigenvalue weighted by Crippen LogP contribution is 2.30. The lowest BCUT2D eigenvalue weighted by Gasteiger charge is -2.18. The molecule has 45 valence electrons. The van der Waals surface area contributed by atoms with E-state index < -0.39 is 0 Å². The lowest BCUT2D eigenvalue weighted by molar-refractivity contribution is 0.260. The van der Waals surface area contributed by atoms with E-state index in [0.29, 0.717) is 0 Å². The second-order valence-corrected chi connectivity index (χ2v) is 2.90. The van der Waals surface area contributed by atoms with Gasteiger partial charge in [0, 0.05) is 6.54 Å². The minimum atomic E-state index is 0.161. The Morgan fingerprint density at radius 2 is 2.38 bits per heavy atom. The quantitative estimate of drug-likeness (QED) is 0.442. The molecule has 2 nitrogen and oxygen atoms in total. The first-order chi connectivity index (χ1) is 3.86. The average Bonchev–Trinajstić information content (AvgIpc) is 2.23. The molecule has 2 bridgehead atoms. The van der Waals surface area contributed by atoms with Gasteiger partial charge in [0.05, 0.1) is 6.17 Å². The van der Waals surface area contributed by atoms with Crippen molar-refractivity contribution < 1.29 is 0 Å². The van der Waals surface area contributed by atoms with Crippen molar-refractivity contribution in [3.05, 3.63) is 0 Å². The molecule has 2 heteroatoms. The predicted molar refractivity (Wildman–Crippen MR) is 31.2 cm³/mol. The number of rotatable bonds is 0. The molecule has 2 aliphatic rings. The van der Waals surface area contributed by atoms with Crippen LogP contribution >= 0.6 is 0 Å². The second kappa shape index (κ2) is 1.45. The van der Waals surface area contributed by atoms with Gasteiger partial charge in [-0.1, -0.05) is 0 Å². The maximum Gasteiger partial charge on any atom is 0.0732 e. The molecule has 2 rings (SSSR count). The van der Waals surface area contributed by atoms with Crippen LogP contribution < -0.4 is 5.73 Å². The van der Waals surface area contributed by atoms with E-state index in [1.165, 1.54) is 19.5 Å². The molecule has 0 amide bonds. The molecule has 0 spiro atoms. The molecule has 8 heavy (non-hydrogen) atoms. The van der Waals surface area contributed by atoms with Crippen molar-refractivity contribution in [2.75, 3.05) is 13.1 Å². The minimum absolute atomic E-state index is 0.161. The molecule has 2 aliphatic heterocycles. The third-order valence-electron chi connectivity index (χ3n) is 2.31. The van der Waals surface area contributed by atoms with Crippen LogP contribution in [0.3, 0.4) is 0 Å². The number of nitrogens with zero attached hydrogens (tertiary/aromatic N) is 1. The zero-order chi connectivity index (χ0) is 5.56. The van der Waals surface area contributed by atoms with Gasteiger partial charge in [0.1, 0.15) is 0 Å². The van der Waals surface area contributed by atoms with Gasteiger partial charge in [-0.05, 0) is 25.3 Å². The highest BCUT2D eigenvalue weighted by molar-refractivity contribution is 4.87. The largest absolute Gasteiger partial charge is 0.287 e. The Kier molecular flexibility index (Phi) is 0.866. The van der Waals surface area contributed by atoms with Crippen LogP contribution in [0.4, 0.5) is 0 Å². The lowest BCUT2D eigenvalue weighted by atomic mass is 10.1. The molecule has 0 aliphatic carbocycles. The Morgan fingerprint density at radius 3 is 2.62 bits per heavy atom. The first-order valence-electron chi connectivity index (χ1n) is 3.31. The van der Waals surface area contributed by atoms with Gasteiger partial charge in [0.25, 0.3) is 0 Å². The molecule has 2 fully saturated rings. The highest BCUT2D eigenvalue weighted by Gasteiger charge is 2.35. The van der Waals surface area contributed by atoms with E-state index in [9.17, 15) is 0 Å².